The van der Waals surface area contributed by atoms with Crippen molar-refractivity contribution in [2.45, 2.75) is 38.5 Å². The summed E-state index contributed by atoms with van der Waals surface area (Å²) in [6.45, 7) is 4.00. The van der Waals surface area contributed by atoms with Gasteiger partial charge in [0.1, 0.15) is 0 Å². The normalized spacial score (nSPS) is 20.6. The first kappa shape index (κ1) is 17.9. The van der Waals surface area contributed by atoms with Crippen LogP contribution in [-0.2, 0) is 9.47 Å². The summed E-state index contributed by atoms with van der Waals surface area (Å²) < 4.78 is 10.1. The van der Waals surface area contributed by atoms with E-state index in [1.165, 1.54) is 38.5 Å². The molecule has 14 heavy (non-hydrogen) atoms. The van der Waals surface area contributed by atoms with Crippen molar-refractivity contribution in [3.63, 3.8) is 0 Å². The quantitative estimate of drug-likeness (QED) is 0.510. The van der Waals surface area contributed by atoms with Crippen LogP contribution >= 0.6 is 0 Å². The molecule has 0 aromatic carbocycles. The van der Waals surface area contributed by atoms with Gasteiger partial charge in [-0.25, -0.2) is 0 Å². The third-order valence-corrected chi connectivity index (χ3v) is 2.15. The maximum Gasteiger partial charge on any atom is 1.00 e. The van der Waals surface area contributed by atoms with Crippen molar-refractivity contribution in [2.75, 3.05) is 26.4 Å². The second kappa shape index (κ2) is 14.5. The molecule has 0 aromatic rings. The van der Waals surface area contributed by atoms with E-state index < -0.39 is 0 Å². The molecule has 0 unspecified atom stereocenters. The van der Waals surface area contributed by atoms with Crippen LogP contribution in [0.4, 0.5) is 0 Å². The summed E-state index contributed by atoms with van der Waals surface area (Å²) in [5.74, 6) is 0. The summed E-state index contributed by atoms with van der Waals surface area (Å²) in [4.78, 5) is 0. The van der Waals surface area contributed by atoms with Crippen LogP contribution in [0.25, 0.3) is 0 Å². The van der Waals surface area contributed by atoms with Crippen LogP contribution in [0.15, 0.2) is 0 Å². The van der Waals surface area contributed by atoms with Crippen LogP contribution in [0.2, 0.25) is 0 Å². The van der Waals surface area contributed by atoms with Gasteiger partial charge < -0.3 is 14.9 Å². The van der Waals surface area contributed by atoms with E-state index in [2.05, 4.69) is 0 Å². The van der Waals surface area contributed by atoms with E-state index in [1.54, 1.807) is 0 Å². The Bertz CT molecular complexity index is 58.3. The summed E-state index contributed by atoms with van der Waals surface area (Å²) in [7, 11) is 0. The van der Waals surface area contributed by atoms with E-state index in [1.807, 2.05) is 0 Å². The van der Waals surface area contributed by atoms with Crippen molar-refractivity contribution in [2.24, 2.45) is 0 Å². The largest absolute Gasteiger partial charge is 1.00 e. The molecule has 80 valence electrons. The first-order chi connectivity index (χ1) is 6.00. The van der Waals surface area contributed by atoms with Crippen LogP contribution in [0.3, 0.4) is 0 Å². The fourth-order valence-corrected chi connectivity index (χ4v) is 1.37. The van der Waals surface area contributed by atoms with Crippen LogP contribution in [0.1, 0.15) is 38.5 Å². The van der Waals surface area contributed by atoms with Crippen molar-refractivity contribution in [1.82, 2.24) is 0 Å². The van der Waals surface area contributed by atoms with Gasteiger partial charge in [0.2, 0.25) is 0 Å². The van der Waals surface area contributed by atoms with Crippen LogP contribution in [-0.4, -0.2) is 31.9 Å². The summed E-state index contributed by atoms with van der Waals surface area (Å²) >= 11 is 0. The maximum atomic E-state index is 5.07. The van der Waals surface area contributed by atoms with E-state index in [0.717, 1.165) is 26.4 Å². The SMILES string of the molecule is C1CCOCC1.C1CCOCC1.[K+].[OH-]. The fourth-order valence-electron chi connectivity index (χ4n) is 1.37. The smallest absolute Gasteiger partial charge is 0.870 e. The topological polar surface area (TPSA) is 48.5 Å². The van der Waals surface area contributed by atoms with Gasteiger partial charge in [-0.3, -0.25) is 0 Å². The van der Waals surface area contributed by atoms with Crippen LogP contribution in [0, 0.1) is 0 Å². The monoisotopic (exact) mass is 228 g/mol. The van der Waals surface area contributed by atoms with Gasteiger partial charge in [-0.2, -0.15) is 0 Å². The average molecular weight is 228 g/mol. The van der Waals surface area contributed by atoms with E-state index in [9.17, 15) is 0 Å². The molecule has 2 heterocycles. The Morgan fingerprint density at radius 3 is 0.857 bits per heavy atom. The number of hydrogen-bond acceptors (Lipinski definition) is 3. The molecule has 0 aliphatic carbocycles. The van der Waals surface area contributed by atoms with Gasteiger partial charge in [-0.05, 0) is 38.5 Å². The van der Waals surface area contributed by atoms with Gasteiger partial charge in [0.25, 0.3) is 0 Å². The summed E-state index contributed by atoms with van der Waals surface area (Å²) in [5, 5.41) is 0. The van der Waals surface area contributed by atoms with Crippen molar-refractivity contribution < 1.29 is 66.3 Å². The molecule has 2 aliphatic rings. The maximum absolute atomic E-state index is 5.07. The van der Waals surface area contributed by atoms with Gasteiger partial charge in [0.05, 0.1) is 0 Å². The Balaban J connectivity index is 0. The molecule has 0 saturated carbocycles. The van der Waals surface area contributed by atoms with Crippen molar-refractivity contribution >= 4 is 0 Å². The fraction of sp³-hybridized carbons (Fsp3) is 1.00. The number of hydrogen-bond donors (Lipinski definition) is 0. The Morgan fingerprint density at radius 1 is 0.500 bits per heavy atom. The molecular formula is C10H21KO3. The number of ether oxygens (including phenoxy) is 2. The van der Waals surface area contributed by atoms with Gasteiger partial charge in [0, 0.05) is 26.4 Å². The van der Waals surface area contributed by atoms with Crippen molar-refractivity contribution in [3.8, 4) is 0 Å². The Morgan fingerprint density at radius 2 is 0.786 bits per heavy atom. The minimum absolute atomic E-state index is 0. The second-order valence-corrected chi connectivity index (χ2v) is 3.35. The zero-order chi connectivity index (χ0) is 8.49. The standard InChI is InChI=1S/2C5H10O.K.H2O/c2*1-2-4-6-5-3-1;;/h2*1-5H2;;1H2/q;;+1;/p-1. The molecule has 0 bridgehead atoms. The van der Waals surface area contributed by atoms with Crippen LogP contribution in [0.5, 0.6) is 0 Å². The molecule has 0 aromatic heterocycles. The molecular weight excluding hydrogens is 207 g/mol. The van der Waals surface area contributed by atoms with Crippen molar-refractivity contribution in [3.05, 3.63) is 0 Å². The summed E-state index contributed by atoms with van der Waals surface area (Å²) in [6.07, 6.45) is 7.86. The minimum atomic E-state index is 0. The molecule has 0 amide bonds. The summed E-state index contributed by atoms with van der Waals surface area (Å²) in [6, 6.07) is 0. The third-order valence-electron chi connectivity index (χ3n) is 2.15. The van der Waals surface area contributed by atoms with E-state index >= 15 is 0 Å². The van der Waals surface area contributed by atoms with E-state index in [4.69, 9.17) is 9.47 Å². The van der Waals surface area contributed by atoms with Crippen molar-refractivity contribution in [1.29, 1.82) is 0 Å². The molecule has 0 atom stereocenters. The van der Waals surface area contributed by atoms with E-state index in [-0.39, 0.29) is 56.9 Å². The predicted molar refractivity (Wildman–Crippen MR) is 51.3 cm³/mol. The zero-order valence-corrected chi connectivity index (χ0v) is 12.5. The molecule has 2 aliphatic heterocycles. The molecule has 4 heteroatoms. The van der Waals surface area contributed by atoms with E-state index in [0.29, 0.717) is 0 Å². The van der Waals surface area contributed by atoms with Gasteiger partial charge in [-0.1, -0.05) is 0 Å². The molecule has 2 fully saturated rings. The molecule has 0 spiro atoms. The van der Waals surface area contributed by atoms with Gasteiger partial charge in [-0.15, -0.1) is 0 Å². The Labute approximate surface area is 130 Å². The molecule has 0 radical (unpaired) electrons. The number of rotatable bonds is 0. The first-order valence-electron chi connectivity index (χ1n) is 5.15. The predicted octanol–water partition coefficient (Wildman–Crippen LogP) is -0.799. The zero-order valence-electron chi connectivity index (χ0n) is 9.33. The second-order valence-electron chi connectivity index (χ2n) is 3.35. The molecule has 2 saturated heterocycles. The van der Waals surface area contributed by atoms with Gasteiger partial charge >= 0.3 is 51.4 Å². The van der Waals surface area contributed by atoms with Crippen LogP contribution < -0.4 is 51.4 Å². The summed E-state index contributed by atoms with van der Waals surface area (Å²) in [5.41, 5.74) is 0. The Kier molecular flexibility index (Phi) is 18.6. The van der Waals surface area contributed by atoms with Gasteiger partial charge in [0.15, 0.2) is 0 Å². The first-order valence-corrected chi connectivity index (χ1v) is 5.15. The third kappa shape index (κ3) is 11.6. The Hall–Kier alpha value is 1.52. The molecule has 3 nitrogen and oxygen atoms in total. The average Bonchev–Trinajstić information content (AvgIpc) is 2.24. The molecule has 2 rings (SSSR count). The minimum Gasteiger partial charge on any atom is -0.870 e. The molecule has 1 N–H and O–H groups in total.